The minimum Gasteiger partial charge on any atom is -0.380 e. The number of aromatic nitrogens is 1. The van der Waals surface area contributed by atoms with Crippen LogP contribution in [0.2, 0.25) is 0 Å². The van der Waals surface area contributed by atoms with E-state index in [2.05, 4.69) is 49.1 Å². The lowest BCUT2D eigenvalue weighted by Crippen LogP contribution is -2.18. The third kappa shape index (κ3) is 4.81. The Kier molecular flexibility index (Phi) is 5.56. The number of nitrogens with one attached hydrogen (secondary N) is 1. The first-order valence-corrected chi connectivity index (χ1v) is 6.00. The van der Waals surface area contributed by atoms with Crippen LogP contribution in [0.5, 0.6) is 0 Å². The number of nitrogens with zero attached hydrogens (tertiary/aromatic N) is 1. The van der Waals surface area contributed by atoms with Gasteiger partial charge >= 0.3 is 0 Å². The van der Waals surface area contributed by atoms with Gasteiger partial charge in [0.2, 0.25) is 0 Å². The average molecular weight is 224 g/mol. The lowest BCUT2D eigenvalue weighted by atomic mass is 10.2. The highest BCUT2D eigenvalue weighted by atomic mass is 16.5. The summed E-state index contributed by atoms with van der Waals surface area (Å²) in [5.41, 5.74) is 1.34. The first-order chi connectivity index (χ1) is 7.61. The van der Waals surface area contributed by atoms with Crippen LogP contribution >= 0.6 is 0 Å². The zero-order valence-electron chi connectivity index (χ0n) is 10.9. The smallest absolute Gasteiger partial charge is 0.0721 e. The van der Waals surface area contributed by atoms with E-state index in [1.807, 2.05) is 0 Å². The summed E-state index contributed by atoms with van der Waals surface area (Å²) in [7, 11) is 1.75. The van der Waals surface area contributed by atoms with Gasteiger partial charge in [-0.15, -0.1) is 0 Å². The molecule has 1 unspecified atom stereocenters. The molecule has 3 nitrogen and oxygen atoms in total. The lowest BCUT2D eigenvalue weighted by molar-refractivity contribution is 0.103. The van der Waals surface area contributed by atoms with Crippen molar-refractivity contribution in [3.05, 3.63) is 24.0 Å². The molecule has 3 heteroatoms. The fourth-order valence-corrected chi connectivity index (χ4v) is 1.59. The van der Waals surface area contributed by atoms with Crippen molar-refractivity contribution in [1.82, 2.24) is 9.88 Å². The normalized spacial score (nSPS) is 13.3. The van der Waals surface area contributed by atoms with Crippen molar-refractivity contribution in [2.24, 2.45) is 5.92 Å². The number of ether oxygens (including phenoxy) is 1. The molecular formula is C13H24N2O. The van der Waals surface area contributed by atoms with Gasteiger partial charge in [-0.3, -0.25) is 0 Å². The van der Waals surface area contributed by atoms with Gasteiger partial charge in [-0.2, -0.15) is 0 Å². The van der Waals surface area contributed by atoms with Crippen molar-refractivity contribution >= 4 is 0 Å². The minimum absolute atomic E-state index is 0.267. The minimum atomic E-state index is 0.267. The molecule has 16 heavy (non-hydrogen) atoms. The number of rotatable bonds is 7. The lowest BCUT2D eigenvalue weighted by Gasteiger charge is -2.10. The molecule has 0 saturated heterocycles. The van der Waals surface area contributed by atoms with Gasteiger partial charge in [-0.05, 0) is 31.0 Å². The fourth-order valence-electron chi connectivity index (χ4n) is 1.59. The first kappa shape index (κ1) is 13.3. The second kappa shape index (κ2) is 6.71. The van der Waals surface area contributed by atoms with E-state index in [1.54, 1.807) is 7.11 Å². The highest BCUT2D eigenvalue weighted by Crippen LogP contribution is 2.03. The van der Waals surface area contributed by atoms with Crippen molar-refractivity contribution in [3.8, 4) is 0 Å². The van der Waals surface area contributed by atoms with Crippen LogP contribution in [0, 0.1) is 5.92 Å². The van der Waals surface area contributed by atoms with Gasteiger partial charge in [0.1, 0.15) is 0 Å². The maximum atomic E-state index is 5.24. The maximum Gasteiger partial charge on any atom is 0.0721 e. The molecule has 0 radical (unpaired) electrons. The molecule has 0 aliphatic heterocycles. The van der Waals surface area contributed by atoms with E-state index in [-0.39, 0.29) is 6.10 Å². The van der Waals surface area contributed by atoms with E-state index in [9.17, 15) is 0 Å². The summed E-state index contributed by atoms with van der Waals surface area (Å²) in [6, 6.07) is 2.16. The van der Waals surface area contributed by atoms with Crippen LogP contribution < -0.4 is 5.32 Å². The molecule has 1 aromatic heterocycles. The Morgan fingerprint density at radius 2 is 2.12 bits per heavy atom. The number of hydrogen-bond donors (Lipinski definition) is 1. The second-order valence-corrected chi connectivity index (χ2v) is 4.79. The van der Waals surface area contributed by atoms with E-state index in [4.69, 9.17) is 4.74 Å². The fraction of sp³-hybridized carbons (Fsp3) is 0.692. The average Bonchev–Trinajstić information content (AvgIpc) is 2.65. The van der Waals surface area contributed by atoms with E-state index < -0.39 is 0 Å². The van der Waals surface area contributed by atoms with E-state index in [1.165, 1.54) is 5.56 Å². The predicted molar refractivity (Wildman–Crippen MR) is 67.4 cm³/mol. The van der Waals surface area contributed by atoms with Gasteiger partial charge in [-0.1, -0.05) is 13.8 Å². The quantitative estimate of drug-likeness (QED) is 0.769. The predicted octanol–water partition coefficient (Wildman–Crippen LogP) is 2.27. The van der Waals surface area contributed by atoms with Crippen molar-refractivity contribution in [1.29, 1.82) is 0 Å². The summed E-state index contributed by atoms with van der Waals surface area (Å²) < 4.78 is 7.42. The first-order valence-electron chi connectivity index (χ1n) is 6.00. The van der Waals surface area contributed by atoms with Gasteiger partial charge in [0, 0.05) is 32.6 Å². The summed E-state index contributed by atoms with van der Waals surface area (Å²) in [5.74, 6) is 0.704. The topological polar surface area (TPSA) is 26.2 Å². The Morgan fingerprint density at radius 1 is 1.38 bits per heavy atom. The third-order valence-corrected chi connectivity index (χ3v) is 2.56. The van der Waals surface area contributed by atoms with Gasteiger partial charge in [0.15, 0.2) is 0 Å². The molecule has 0 aromatic carbocycles. The van der Waals surface area contributed by atoms with Crippen LogP contribution in [-0.4, -0.2) is 24.3 Å². The standard InChI is InChI=1S/C13H24N2O/c1-11(2)7-14-8-13-5-6-15(10-13)9-12(3)16-4/h5-6,10-12,14H,7-9H2,1-4H3. The van der Waals surface area contributed by atoms with E-state index in [0.29, 0.717) is 5.92 Å². The molecule has 0 aliphatic carbocycles. The summed E-state index contributed by atoms with van der Waals surface area (Å²) in [6.07, 6.45) is 4.56. The van der Waals surface area contributed by atoms with Crippen LogP contribution in [0.25, 0.3) is 0 Å². The van der Waals surface area contributed by atoms with Gasteiger partial charge in [0.05, 0.1) is 6.10 Å². The highest BCUT2D eigenvalue weighted by molar-refractivity contribution is 5.09. The molecule has 1 atom stereocenters. The Morgan fingerprint density at radius 3 is 2.75 bits per heavy atom. The maximum absolute atomic E-state index is 5.24. The molecule has 0 fully saturated rings. The van der Waals surface area contributed by atoms with Crippen LogP contribution in [0.4, 0.5) is 0 Å². The molecular weight excluding hydrogens is 200 g/mol. The zero-order chi connectivity index (χ0) is 12.0. The van der Waals surface area contributed by atoms with Crippen LogP contribution in [0.3, 0.4) is 0 Å². The molecule has 0 amide bonds. The summed E-state index contributed by atoms with van der Waals surface area (Å²) in [4.78, 5) is 0. The van der Waals surface area contributed by atoms with Crippen molar-refractivity contribution in [3.63, 3.8) is 0 Å². The highest BCUT2D eigenvalue weighted by Gasteiger charge is 2.02. The van der Waals surface area contributed by atoms with Crippen molar-refractivity contribution in [2.45, 2.75) is 40.0 Å². The van der Waals surface area contributed by atoms with Crippen molar-refractivity contribution in [2.75, 3.05) is 13.7 Å². The largest absolute Gasteiger partial charge is 0.380 e. The van der Waals surface area contributed by atoms with Crippen LogP contribution in [-0.2, 0) is 17.8 Å². The Balaban J connectivity index is 2.33. The molecule has 0 spiro atoms. The number of hydrogen-bond acceptors (Lipinski definition) is 2. The molecule has 1 rings (SSSR count). The number of methoxy groups -OCH3 is 1. The van der Waals surface area contributed by atoms with Crippen molar-refractivity contribution < 1.29 is 4.74 Å². The zero-order valence-corrected chi connectivity index (χ0v) is 10.9. The third-order valence-electron chi connectivity index (χ3n) is 2.56. The molecule has 1 heterocycles. The monoisotopic (exact) mass is 224 g/mol. The summed E-state index contributed by atoms with van der Waals surface area (Å²) >= 11 is 0. The molecule has 1 N–H and O–H groups in total. The molecule has 0 bridgehead atoms. The van der Waals surface area contributed by atoms with Gasteiger partial charge in [0.25, 0.3) is 0 Å². The summed E-state index contributed by atoms with van der Waals surface area (Å²) in [6.45, 7) is 9.46. The van der Waals surface area contributed by atoms with Gasteiger partial charge < -0.3 is 14.6 Å². The van der Waals surface area contributed by atoms with Gasteiger partial charge in [-0.25, -0.2) is 0 Å². The van der Waals surface area contributed by atoms with Crippen LogP contribution in [0.1, 0.15) is 26.3 Å². The SMILES string of the molecule is COC(C)Cn1ccc(CNCC(C)C)c1. The Labute approximate surface area is 98.8 Å². The summed E-state index contributed by atoms with van der Waals surface area (Å²) in [5, 5.41) is 3.44. The van der Waals surface area contributed by atoms with E-state index >= 15 is 0 Å². The van der Waals surface area contributed by atoms with E-state index in [0.717, 1.165) is 19.6 Å². The Bertz CT molecular complexity index is 294. The second-order valence-electron chi connectivity index (χ2n) is 4.79. The molecule has 92 valence electrons. The van der Waals surface area contributed by atoms with Crippen LogP contribution in [0.15, 0.2) is 18.5 Å². The molecule has 0 aliphatic rings. The Hall–Kier alpha value is -0.800. The molecule has 1 aromatic rings. The molecule has 0 saturated carbocycles.